The van der Waals surface area contributed by atoms with Crippen LogP contribution in [0.25, 0.3) is 0 Å². The Labute approximate surface area is 177 Å². The maximum Gasteiger partial charge on any atom is 0.272 e. The molecule has 0 saturated carbocycles. The quantitative estimate of drug-likeness (QED) is 0.352. The molecule has 2 amide bonds. The maximum atomic E-state index is 13.5. The molecule has 1 heterocycles. The Kier molecular flexibility index (Phi) is 7.62. The standard InChI is InChI=1S/C20H31N3O6S/c1-13(2)11-16(17(24)18(25)22-27)19(26)23-10-9-21-12-20(23,3)14-5-7-15(8-6-14)30(4,28)29/h5-8,13,16-17,21,24,27H,9-12H2,1-4H3,(H,22,25)/t16-,17-,20-/m0/s1. The molecule has 1 aromatic rings. The van der Waals surface area contributed by atoms with Gasteiger partial charge in [-0.3, -0.25) is 14.8 Å². The molecule has 0 bridgehead atoms. The van der Waals surface area contributed by atoms with Crippen molar-refractivity contribution in [2.75, 3.05) is 25.9 Å². The lowest BCUT2D eigenvalue weighted by Gasteiger charge is -2.47. The third-order valence-corrected chi connectivity index (χ3v) is 6.68. The largest absolute Gasteiger partial charge is 0.382 e. The summed E-state index contributed by atoms with van der Waals surface area (Å²) < 4.78 is 23.5. The number of benzene rings is 1. The van der Waals surface area contributed by atoms with Gasteiger partial charge < -0.3 is 15.3 Å². The van der Waals surface area contributed by atoms with E-state index >= 15 is 0 Å². The zero-order valence-electron chi connectivity index (χ0n) is 17.8. The van der Waals surface area contributed by atoms with Crippen LogP contribution in [0.5, 0.6) is 0 Å². The average Bonchev–Trinajstić information content (AvgIpc) is 2.70. The van der Waals surface area contributed by atoms with E-state index in [0.717, 1.165) is 11.8 Å². The molecular weight excluding hydrogens is 410 g/mol. The highest BCUT2D eigenvalue weighted by Crippen LogP contribution is 2.33. The zero-order chi connectivity index (χ0) is 22.7. The van der Waals surface area contributed by atoms with Crippen LogP contribution in [0.4, 0.5) is 0 Å². The Hall–Kier alpha value is -2.01. The molecule has 1 aromatic carbocycles. The Morgan fingerprint density at radius 3 is 2.37 bits per heavy atom. The van der Waals surface area contributed by atoms with Crippen molar-refractivity contribution in [2.24, 2.45) is 11.8 Å². The van der Waals surface area contributed by atoms with Gasteiger partial charge in [0, 0.05) is 25.9 Å². The summed E-state index contributed by atoms with van der Waals surface area (Å²) >= 11 is 0. The van der Waals surface area contributed by atoms with Crippen LogP contribution in [0, 0.1) is 11.8 Å². The molecule has 168 valence electrons. The minimum absolute atomic E-state index is 0.0308. The monoisotopic (exact) mass is 441 g/mol. The van der Waals surface area contributed by atoms with Crippen molar-refractivity contribution in [3.63, 3.8) is 0 Å². The van der Waals surface area contributed by atoms with Crippen LogP contribution in [-0.2, 0) is 25.0 Å². The molecule has 0 aromatic heterocycles. The van der Waals surface area contributed by atoms with Crippen molar-refractivity contribution < 1.29 is 28.3 Å². The van der Waals surface area contributed by atoms with Crippen molar-refractivity contribution in [3.05, 3.63) is 29.8 Å². The number of nitrogens with one attached hydrogen (secondary N) is 2. The molecule has 1 fully saturated rings. The second-order valence-electron chi connectivity index (χ2n) is 8.39. The molecule has 4 N–H and O–H groups in total. The van der Waals surface area contributed by atoms with Crippen molar-refractivity contribution in [1.82, 2.24) is 15.7 Å². The summed E-state index contributed by atoms with van der Waals surface area (Å²) in [5, 5.41) is 22.6. The third kappa shape index (κ3) is 5.18. The number of aliphatic hydroxyl groups excluding tert-OH is 1. The van der Waals surface area contributed by atoms with Crippen LogP contribution >= 0.6 is 0 Å². The molecule has 1 aliphatic heterocycles. The smallest absolute Gasteiger partial charge is 0.272 e. The van der Waals surface area contributed by atoms with Crippen LogP contribution in [-0.4, -0.2) is 67.4 Å². The van der Waals surface area contributed by atoms with Crippen molar-refractivity contribution in [1.29, 1.82) is 0 Å². The molecule has 9 nitrogen and oxygen atoms in total. The lowest BCUT2D eigenvalue weighted by Crippen LogP contribution is -2.62. The highest BCUT2D eigenvalue weighted by molar-refractivity contribution is 7.90. The van der Waals surface area contributed by atoms with Gasteiger partial charge in [0.25, 0.3) is 5.91 Å². The van der Waals surface area contributed by atoms with E-state index in [2.05, 4.69) is 5.32 Å². The summed E-state index contributed by atoms with van der Waals surface area (Å²) in [6, 6.07) is 6.37. The molecule has 30 heavy (non-hydrogen) atoms. The van der Waals surface area contributed by atoms with E-state index in [9.17, 15) is 23.1 Å². The first-order chi connectivity index (χ1) is 13.9. The summed E-state index contributed by atoms with van der Waals surface area (Å²) in [5.74, 6) is -2.41. The van der Waals surface area contributed by atoms with E-state index in [1.165, 1.54) is 17.6 Å². The van der Waals surface area contributed by atoms with Crippen LogP contribution in [0.2, 0.25) is 0 Å². The number of carbonyl (C=O) groups excluding carboxylic acids is 2. The number of hydrogen-bond donors (Lipinski definition) is 4. The highest BCUT2D eigenvalue weighted by Gasteiger charge is 2.44. The van der Waals surface area contributed by atoms with Crippen molar-refractivity contribution in [2.45, 2.75) is 43.7 Å². The minimum Gasteiger partial charge on any atom is -0.382 e. The minimum atomic E-state index is -3.35. The third-order valence-electron chi connectivity index (χ3n) is 5.55. The Morgan fingerprint density at radius 1 is 1.27 bits per heavy atom. The van der Waals surface area contributed by atoms with E-state index in [1.807, 2.05) is 20.8 Å². The molecule has 0 spiro atoms. The molecule has 0 unspecified atom stereocenters. The fourth-order valence-electron chi connectivity index (χ4n) is 3.86. The fourth-order valence-corrected chi connectivity index (χ4v) is 4.49. The summed E-state index contributed by atoms with van der Waals surface area (Å²) in [7, 11) is -3.35. The van der Waals surface area contributed by atoms with Gasteiger partial charge >= 0.3 is 0 Å². The number of carbonyl (C=O) groups is 2. The summed E-state index contributed by atoms with van der Waals surface area (Å²) in [4.78, 5) is 27.1. The molecule has 1 aliphatic rings. The van der Waals surface area contributed by atoms with Gasteiger partial charge in [0.2, 0.25) is 5.91 Å². The first-order valence-electron chi connectivity index (χ1n) is 9.86. The second kappa shape index (κ2) is 9.42. The summed E-state index contributed by atoms with van der Waals surface area (Å²) in [5.41, 5.74) is 1.35. The van der Waals surface area contributed by atoms with E-state index < -0.39 is 39.2 Å². The maximum absolute atomic E-state index is 13.5. The fraction of sp³-hybridized carbons (Fsp3) is 0.600. The van der Waals surface area contributed by atoms with Crippen LogP contribution < -0.4 is 10.8 Å². The number of rotatable bonds is 7. The van der Waals surface area contributed by atoms with Crippen molar-refractivity contribution in [3.8, 4) is 0 Å². The second-order valence-corrected chi connectivity index (χ2v) is 10.4. The molecule has 10 heteroatoms. The van der Waals surface area contributed by atoms with E-state index in [1.54, 1.807) is 17.0 Å². The predicted octanol–water partition coefficient (Wildman–Crippen LogP) is 0.266. The van der Waals surface area contributed by atoms with Gasteiger partial charge in [0.15, 0.2) is 9.84 Å². The van der Waals surface area contributed by atoms with Gasteiger partial charge in [0.05, 0.1) is 16.4 Å². The number of amides is 2. The predicted molar refractivity (Wildman–Crippen MR) is 110 cm³/mol. The zero-order valence-corrected chi connectivity index (χ0v) is 18.6. The normalized spacial score (nSPS) is 21.9. The number of aliphatic hydroxyl groups is 1. The first kappa shape index (κ1) is 24.3. The molecule has 2 rings (SSSR count). The van der Waals surface area contributed by atoms with Gasteiger partial charge in [-0.1, -0.05) is 26.0 Å². The average molecular weight is 442 g/mol. The number of hydrogen-bond acceptors (Lipinski definition) is 7. The first-order valence-corrected chi connectivity index (χ1v) is 11.8. The van der Waals surface area contributed by atoms with Crippen LogP contribution in [0.15, 0.2) is 29.2 Å². The number of hydroxylamine groups is 1. The molecule has 3 atom stereocenters. The van der Waals surface area contributed by atoms with Crippen LogP contribution in [0.3, 0.4) is 0 Å². The van der Waals surface area contributed by atoms with Crippen LogP contribution in [0.1, 0.15) is 32.8 Å². The molecule has 0 aliphatic carbocycles. The number of nitrogens with zero attached hydrogens (tertiary/aromatic N) is 1. The molecular formula is C20H31N3O6S. The van der Waals surface area contributed by atoms with E-state index in [-0.39, 0.29) is 17.2 Å². The lowest BCUT2D eigenvalue weighted by molar-refractivity contribution is -0.155. The Morgan fingerprint density at radius 2 is 1.87 bits per heavy atom. The molecule has 1 saturated heterocycles. The summed E-state index contributed by atoms with van der Waals surface area (Å²) in [6.45, 7) is 6.94. The number of sulfone groups is 1. The van der Waals surface area contributed by atoms with Gasteiger partial charge in [0.1, 0.15) is 6.10 Å². The van der Waals surface area contributed by atoms with Gasteiger partial charge in [-0.2, -0.15) is 0 Å². The van der Waals surface area contributed by atoms with Crippen molar-refractivity contribution >= 4 is 21.7 Å². The highest BCUT2D eigenvalue weighted by atomic mass is 32.2. The van der Waals surface area contributed by atoms with Gasteiger partial charge in [-0.25, -0.2) is 13.9 Å². The number of piperazine rings is 1. The SMILES string of the molecule is CC(C)C[C@H](C(=O)N1CCNC[C@@]1(C)c1ccc(S(C)(=O)=O)cc1)[C@H](O)C(=O)NO. The summed E-state index contributed by atoms with van der Waals surface area (Å²) in [6.07, 6.45) is -0.289. The van der Waals surface area contributed by atoms with E-state index in [4.69, 9.17) is 5.21 Å². The molecule has 0 radical (unpaired) electrons. The van der Waals surface area contributed by atoms with Gasteiger partial charge in [-0.05, 0) is 37.0 Å². The Balaban J connectivity index is 2.42. The Bertz CT molecular complexity index is 871. The van der Waals surface area contributed by atoms with Gasteiger partial charge in [-0.15, -0.1) is 0 Å². The van der Waals surface area contributed by atoms with E-state index in [0.29, 0.717) is 19.6 Å². The lowest BCUT2D eigenvalue weighted by atomic mass is 9.84. The topological polar surface area (TPSA) is 136 Å².